The van der Waals surface area contributed by atoms with E-state index in [1.54, 1.807) is 0 Å². The van der Waals surface area contributed by atoms with Crippen molar-refractivity contribution in [2.75, 3.05) is 19.1 Å². The van der Waals surface area contributed by atoms with Crippen LogP contribution in [0.5, 0.6) is 5.75 Å². The minimum absolute atomic E-state index is 0.0590. The number of thioether (sulfide) groups is 1. The zero-order valence-corrected chi connectivity index (χ0v) is 15.6. The fourth-order valence-electron chi connectivity index (χ4n) is 2.78. The number of fused-ring (bicyclic) bond motifs is 1. The number of ether oxygens (including phenoxy) is 2. The molecule has 0 unspecified atom stereocenters. The van der Waals surface area contributed by atoms with E-state index in [-0.39, 0.29) is 18.5 Å². The third-order valence-corrected chi connectivity index (χ3v) is 5.09. The summed E-state index contributed by atoms with van der Waals surface area (Å²) in [6, 6.07) is 2.87. The maximum absolute atomic E-state index is 13.7. The zero-order chi connectivity index (χ0) is 18.5. The number of aryl methyl sites for hydroxylation is 2. The minimum atomic E-state index is -0.325. The minimum Gasteiger partial charge on any atom is -0.467 e. The molecule has 0 fully saturated rings. The molecule has 0 aliphatic carbocycles. The predicted molar refractivity (Wildman–Crippen MR) is 95.5 cm³/mol. The van der Waals surface area contributed by atoms with Gasteiger partial charge in [0.25, 0.3) is 0 Å². The molecule has 2 aromatic rings. The van der Waals surface area contributed by atoms with Gasteiger partial charge < -0.3 is 19.3 Å². The molecule has 1 N–H and O–H groups in total. The zero-order valence-electron chi connectivity index (χ0n) is 14.8. The molecule has 1 aliphatic heterocycles. The van der Waals surface area contributed by atoms with Crippen LogP contribution in [0, 0.1) is 19.7 Å². The Morgan fingerprint density at radius 1 is 1.38 bits per heavy atom. The molecule has 26 heavy (non-hydrogen) atoms. The second-order valence-corrected chi connectivity index (χ2v) is 7.04. The highest BCUT2D eigenvalue weighted by Crippen LogP contribution is 2.29. The molecule has 1 aromatic carbocycles. The van der Waals surface area contributed by atoms with Crippen LogP contribution in [0.25, 0.3) is 0 Å². The number of carbonyl (C=O) groups excluding carboxylic acids is 1. The lowest BCUT2D eigenvalue weighted by Gasteiger charge is -2.21. The Morgan fingerprint density at radius 3 is 3.00 bits per heavy atom. The highest BCUT2D eigenvalue weighted by atomic mass is 32.2. The first-order valence-electron chi connectivity index (χ1n) is 8.32. The average molecular weight is 380 g/mol. The number of rotatable bonds is 7. The van der Waals surface area contributed by atoms with Crippen LogP contribution in [0.1, 0.15) is 28.1 Å². The number of benzene rings is 1. The molecule has 0 saturated heterocycles. The molecule has 0 atom stereocenters. The lowest BCUT2D eigenvalue weighted by Crippen LogP contribution is -2.27. The fraction of sp³-hybridized carbons (Fsp3) is 0.444. The molecule has 8 heteroatoms. The summed E-state index contributed by atoms with van der Waals surface area (Å²) in [7, 11) is 0. The number of aromatic nitrogens is 1. The maximum atomic E-state index is 13.7. The number of nitrogens with zero attached hydrogens (tertiary/aromatic N) is 1. The van der Waals surface area contributed by atoms with Crippen LogP contribution in [0.15, 0.2) is 16.7 Å². The van der Waals surface area contributed by atoms with E-state index in [0.717, 1.165) is 22.6 Å². The van der Waals surface area contributed by atoms with Crippen LogP contribution in [0.4, 0.5) is 4.39 Å². The van der Waals surface area contributed by atoms with Gasteiger partial charge in [-0.15, -0.1) is 11.8 Å². The summed E-state index contributed by atoms with van der Waals surface area (Å²) >= 11 is 1.51. The second-order valence-electron chi connectivity index (χ2n) is 6.06. The van der Waals surface area contributed by atoms with Crippen molar-refractivity contribution in [2.45, 2.75) is 32.6 Å². The smallest absolute Gasteiger partial charge is 0.230 e. The summed E-state index contributed by atoms with van der Waals surface area (Å²) in [4.78, 5) is 12.0. The topological polar surface area (TPSA) is 73.6 Å². The number of nitrogens with one attached hydrogen (secondary N) is 1. The Morgan fingerprint density at radius 2 is 2.23 bits per heavy atom. The molecule has 1 aromatic heterocycles. The van der Waals surface area contributed by atoms with Crippen LogP contribution in [0.2, 0.25) is 0 Å². The standard InChI is InChI=1S/C18H21FN2O4S/c1-11-16(12(2)25-21-11)8-26-9-17(22)20-4-3-13-5-15(19)6-14-7-23-10-24-18(13)14/h5-6H,3-4,7-10H2,1-2H3,(H,20,22). The van der Waals surface area contributed by atoms with Crippen molar-refractivity contribution in [2.24, 2.45) is 0 Å². The van der Waals surface area contributed by atoms with Gasteiger partial charge in [-0.3, -0.25) is 4.79 Å². The van der Waals surface area contributed by atoms with Crippen molar-refractivity contribution < 1.29 is 23.2 Å². The quantitative estimate of drug-likeness (QED) is 0.796. The summed E-state index contributed by atoms with van der Waals surface area (Å²) in [5.41, 5.74) is 3.34. The van der Waals surface area contributed by atoms with Gasteiger partial charge >= 0.3 is 0 Å². The third kappa shape index (κ3) is 4.56. The van der Waals surface area contributed by atoms with E-state index in [9.17, 15) is 9.18 Å². The summed E-state index contributed by atoms with van der Waals surface area (Å²) in [6.07, 6.45) is 0.500. The lowest BCUT2D eigenvalue weighted by molar-refractivity contribution is -0.118. The van der Waals surface area contributed by atoms with Crippen molar-refractivity contribution >= 4 is 17.7 Å². The van der Waals surface area contributed by atoms with Gasteiger partial charge in [0, 0.05) is 23.4 Å². The Bertz CT molecular complexity index is 774. The third-order valence-electron chi connectivity index (χ3n) is 4.13. The number of hydrogen-bond donors (Lipinski definition) is 1. The van der Waals surface area contributed by atoms with Crippen LogP contribution in [-0.4, -0.2) is 30.2 Å². The van der Waals surface area contributed by atoms with Crippen LogP contribution >= 0.6 is 11.8 Å². The van der Waals surface area contributed by atoms with E-state index in [1.807, 2.05) is 13.8 Å². The van der Waals surface area contributed by atoms with Crippen LogP contribution in [-0.2, 0) is 28.3 Å². The Hall–Kier alpha value is -2.06. The van der Waals surface area contributed by atoms with E-state index in [0.29, 0.717) is 42.4 Å². The molecule has 0 radical (unpaired) electrons. The summed E-state index contributed by atoms with van der Waals surface area (Å²) < 4.78 is 29.4. The van der Waals surface area contributed by atoms with Crippen molar-refractivity contribution in [1.29, 1.82) is 0 Å². The van der Waals surface area contributed by atoms with Crippen molar-refractivity contribution in [1.82, 2.24) is 10.5 Å². The first kappa shape index (κ1) is 18.7. The highest BCUT2D eigenvalue weighted by Gasteiger charge is 2.17. The fourth-order valence-corrected chi connectivity index (χ4v) is 3.79. The predicted octanol–water partition coefficient (Wildman–Crippen LogP) is 2.89. The summed E-state index contributed by atoms with van der Waals surface area (Å²) in [5, 5.41) is 6.76. The normalized spacial score (nSPS) is 13.2. The first-order valence-corrected chi connectivity index (χ1v) is 9.48. The van der Waals surface area contributed by atoms with Gasteiger partial charge in [0.2, 0.25) is 5.91 Å². The molecule has 140 valence electrons. The maximum Gasteiger partial charge on any atom is 0.230 e. The molecular weight excluding hydrogens is 359 g/mol. The van der Waals surface area contributed by atoms with E-state index in [2.05, 4.69) is 10.5 Å². The summed E-state index contributed by atoms with van der Waals surface area (Å²) in [6.45, 7) is 4.67. The molecule has 0 spiro atoms. The number of hydrogen-bond acceptors (Lipinski definition) is 6. The van der Waals surface area contributed by atoms with Crippen LogP contribution in [0.3, 0.4) is 0 Å². The average Bonchev–Trinajstić information content (AvgIpc) is 2.93. The molecule has 1 aliphatic rings. The van der Waals surface area contributed by atoms with Crippen molar-refractivity contribution in [3.8, 4) is 5.75 Å². The SMILES string of the molecule is Cc1noc(C)c1CSCC(=O)NCCc1cc(F)cc2c1OCOC2. The molecule has 2 heterocycles. The van der Waals surface area contributed by atoms with Crippen molar-refractivity contribution in [3.63, 3.8) is 0 Å². The highest BCUT2D eigenvalue weighted by molar-refractivity contribution is 7.99. The molecule has 3 rings (SSSR count). The summed E-state index contributed by atoms with van der Waals surface area (Å²) in [5.74, 6) is 2.09. The van der Waals surface area contributed by atoms with E-state index < -0.39 is 0 Å². The van der Waals surface area contributed by atoms with Gasteiger partial charge in [-0.25, -0.2) is 4.39 Å². The van der Waals surface area contributed by atoms with E-state index >= 15 is 0 Å². The lowest BCUT2D eigenvalue weighted by atomic mass is 10.1. The number of amides is 1. The first-order chi connectivity index (χ1) is 12.5. The molecular formula is C18H21FN2O4S. The van der Waals surface area contributed by atoms with E-state index in [1.165, 1.54) is 23.9 Å². The second kappa shape index (κ2) is 8.55. The number of carbonyl (C=O) groups is 1. The molecule has 6 nitrogen and oxygen atoms in total. The Kier molecular flexibility index (Phi) is 6.16. The Balaban J connectivity index is 1.45. The molecule has 1 amide bonds. The molecule has 0 bridgehead atoms. The van der Waals surface area contributed by atoms with Gasteiger partial charge in [-0.1, -0.05) is 5.16 Å². The van der Waals surface area contributed by atoms with E-state index in [4.69, 9.17) is 14.0 Å². The largest absolute Gasteiger partial charge is 0.467 e. The van der Waals surface area contributed by atoms with Gasteiger partial charge in [0.05, 0.1) is 18.1 Å². The monoisotopic (exact) mass is 380 g/mol. The van der Waals surface area contributed by atoms with Gasteiger partial charge in [-0.2, -0.15) is 0 Å². The van der Waals surface area contributed by atoms with Crippen molar-refractivity contribution in [3.05, 3.63) is 46.1 Å². The van der Waals surface area contributed by atoms with Gasteiger partial charge in [-0.05, 0) is 38.0 Å². The van der Waals surface area contributed by atoms with Crippen LogP contribution < -0.4 is 10.1 Å². The van der Waals surface area contributed by atoms with Gasteiger partial charge in [0.1, 0.15) is 17.3 Å². The van der Waals surface area contributed by atoms with Gasteiger partial charge in [0.15, 0.2) is 6.79 Å². The Labute approximate surface area is 155 Å². The number of halogens is 1. The molecule has 0 saturated carbocycles.